The maximum atomic E-state index is 12.1. The third-order valence-corrected chi connectivity index (χ3v) is 4.07. The quantitative estimate of drug-likeness (QED) is 0.695. The standard InChI is InChI=1S/C14H14N2O3S/c1-14(7-6-11(17)19-14)8-12(18)20-13-15-9-4-2-3-5-10(9)16-13/h2-5H,6-8H2,1H3,(H,15,16). The molecule has 1 aliphatic rings. The number of carbonyl (C=O) groups is 2. The van der Waals surface area contributed by atoms with Crippen LogP contribution in [0.25, 0.3) is 11.0 Å². The molecule has 1 saturated heterocycles. The molecule has 1 atom stereocenters. The van der Waals surface area contributed by atoms with Crippen LogP contribution in [0.4, 0.5) is 0 Å². The van der Waals surface area contributed by atoms with Crippen molar-refractivity contribution in [1.29, 1.82) is 0 Å². The molecule has 2 heterocycles. The lowest BCUT2D eigenvalue weighted by Gasteiger charge is -2.20. The predicted octanol–water partition coefficient (Wildman–Crippen LogP) is 2.67. The van der Waals surface area contributed by atoms with Crippen LogP contribution in [0.1, 0.15) is 26.2 Å². The number of para-hydroxylation sites is 2. The van der Waals surface area contributed by atoms with Crippen molar-refractivity contribution in [1.82, 2.24) is 9.97 Å². The topological polar surface area (TPSA) is 72.0 Å². The summed E-state index contributed by atoms with van der Waals surface area (Å²) in [6.07, 6.45) is 1.19. The Morgan fingerprint density at radius 3 is 3.00 bits per heavy atom. The third kappa shape index (κ3) is 2.70. The number of nitrogens with one attached hydrogen (secondary N) is 1. The Kier molecular flexibility index (Phi) is 3.25. The summed E-state index contributed by atoms with van der Waals surface area (Å²) in [6, 6.07) is 7.62. The highest BCUT2D eigenvalue weighted by Gasteiger charge is 2.37. The lowest BCUT2D eigenvalue weighted by atomic mass is 10.00. The van der Waals surface area contributed by atoms with Gasteiger partial charge in [-0.15, -0.1) is 0 Å². The highest BCUT2D eigenvalue weighted by molar-refractivity contribution is 8.13. The summed E-state index contributed by atoms with van der Waals surface area (Å²) in [5.74, 6) is -0.228. The Hall–Kier alpha value is -1.82. The summed E-state index contributed by atoms with van der Waals surface area (Å²) < 4.78 is 5.21. The molecule has 5 nitrogen and oxygen atoms in total. The fourth-order valence-corrected chi connectivity index (χ4v) is 3.19. The number of thioether (sulfide) groups is 1. The molecule has 1 N–H and O–H groups in total. The average molecular weight is 290 g/mol. The van der Waals surface area contributed by atoms with Crippen LogP contribution in [-0.2, 0) is 14.3 Å². The third-order valence-electron chi connectivity index (χ3n) is 3.31. The summed E-state index contributed by atoms with van der Waals surface area (Å²) in [5.41, 5.74) is 1.08. The molecule has 1 aromatic carbocycles. The number of H-pyrrole nitrogens is 1. The second-order valence-corrected chi connectivity index (χ2v) is 6.18. The van der Waals surface area contributed by atoms with E-state index in [2.05, 4.69) is 9.97 Å². The van der Waals surface area contributed by atoms with Gasteiger partial charge < -0.3 is 9.72 Å². The van der Waals surface area contributed by atoms with Crippen molar-refractivity contribution >= 4 is 33.9 Å². The van der Waals surface area contributed by atoms with Gasteiger partial charge in [-0.1, -0.05) is 12.1 Å². The maximum Gasteiger partial charge on any atom is 0.306 e. The molecule has 20 heavy (non-hydrogen) atoms. The maximum absolute atomic E-state index is 12.1. The van der Waals surface area contributed by atoms with Gasteiger partial charge in [-0.2, -0.15) is 0 Å². The molecule has 1 aromatic heterocycles. The molecular weight excluding hydrogens is 276 g/mol. The molecule has 0 bridgehead atoms. The molecule has 0 amide bonds. The number of rotatable bonds is 3. The normalized spacial score (nSPS) is 22.1. The zero-order chi connectivity index (χ0) is 14.2. The fourth-order valence-electron chi connectivity index (χ4n) is 2.29. The van der Waals surface area contributed by atoms with Gasteiger partial charge in [0.1, 0.15) is 5.60 Å². The highest BCUT2D eigenvalue weighted by atomic mass is 32.2. The van der Waals surface area contributed by atoms with Gasteiger partial charge in [-0.25, -0.2) is 4.98 Å². The molecule has 0 radical (unpaired) electrons. The van der Waals surface area contributed by atoms with Gasteiger partial charge in [-0.05, 0) is 37.2 Å². The van der Waals surface area contributed by atoms with Crippen LogP contribution in [0, 0.1) is 0 Å². The monoisotopic (exact) mass is 290 g/mol. The smallest absolute Gasteiger partial charge is 0.306 e. The van der Waals surface area contributed by atoms with E-state index in [1.807, 2.05) is 24.3 Å². The van der Waals surface area contributed by atoms with Crippen molar-refractivity contribution in [3.63, 3.8) is 0 Å². The Balaban J connectivity index is 1.68. The van der Waals surface area contributed by atoms with Crippen LogP contribution in [0.15, 0.2) is 29.4 Å². The Morgan fingerprint density at radius 1 is 1.50 bits per heavy atom. The Bertz CT molecular complexity index is 649. The molecule has 1 fully saturated rings. The van der Waals surface area contributed by atoms with Crippen LogP contribution in [0.2, 0.25) is 0 Å². The minimum Gasteiger partial charge on any atom is -0.459 e. The van der Waals surface area contributed by atoms with E-state index < -0.39 is 5.60 Å². The minimum absolute atomic E-state index is 0.0544. The zero-order valence-corrected chi connectivity index (χ0v) is 11.8. The number of carbonyl (C=O) groups excluding carboxylic acids is 2. The number of aromatic nitrogens is 2. The van der Waals surface area contributed by atoms with Crippen LogP contribution in [0.3, 0.4) is 0 Å². The van der Waals surface area contributed by atoms with Crippen LogP contribution in [-0.4, -0.2) is 26.7 Å². The van der Waals surface area contributed by atoms with E-state index in [0.29, 0.717) is 18.0 Å². The molecular formula is C14H14N2O3S. The van der Waals surface area contributed by atoms with Crippen molar-refractivity contribution in [2.75, 3.05) is 0 Å². The van der Waals surface area contributed by atoms with Gasteiger partial charge in [0.05, 0.1) is 17.5 Å². The van der Waals surface area contributed by atoms with Gasteiger partial charge in [0.25, 0.3) is 0 Å². The number of hydrogen-bond acceptors (Lipinski definition) is 5. The van der Waals surface area contributed by atoms with E-state index in [9.17, 15) is 9.59 Å². The first-order valence-electron chi connectivity index (χ1n) is 6.41. The minimum atomic E-state index is -0.660. The number of imidazole rings is 1. The predicted molar refractivity (Wildman–Crippen MR) is 75.3 cm³/mol. The molecule has 6 heteroatoms. The molecule has 1 unspecified atom stereocenters. The summed E-state index contributed by atoms with van der Waals surface area (Å²) >= 11 is 1.06. The van der Waals surface area contributed by atoms with Gasteiger partial charge in [0, 0.05) is 6.42 Å². The summed E-state index contributed by atoms with van der Waals surface area (Å²) in [7, 11) is 0. The second kappa shape index (κ2) is 4.94. The first-order valence-corrected chi connectivity index (χ1v) is 7.23. The van der Waals surface area contributed by atoms with Crippen LogP contribution < -0.4 is 0 Å². The molecule has 104 valence electrons. The van der Waals surface area contributed by atoms with E-state index in [0.717, 1.165) is 22.8 Å². The summed E-state index contributed by atoms with van der Waals surface area (Å²) in [6.45, 7) is 1.80. The SMILES string of the molecule is CC1(CC(=O)Sc2nc3ccccc3[nH]2)CCC(=O)O1. The van der Waals surface area contributed by atoms with Crippen LogP contribution in [0.5, 0.6) is 0 Å². The average Bonchev–Trinajstić information content (AvgIpc) is 2.91. The van der Waals surface area contributed by atoms with Crippen molar-refractivity contribution in [2.45, 2.75) is 36.9 Å². The molecule has 2 aromatic rings. The van der Waals surface area contributed by atoms with Crippen LogP contribution >= 0.6 is 11.8 Å². The number of benzene rings is 1. The van der Waals surface area contributed by atoms with Gasteiger partial charge in [-0.3, -0.25) is 9.59 Å². The van der Waals surface area contributed by atoms with Gasteiger partial charge >= 0.3 is 5.97 Å². The second-order valence-electron chi connectivity index (χ2n) is 5.13. The molecule has 0 saturated carbocycles. The van der Waals surface area contributed by atoms with Crippen molar-refractivity contribution in [3.05, 3.63) is 24.3 Å². The zero-order valence-electron chi connectivity index (χ0n) is 11.0. The highest BCUT2D eigenvalue weighted by Crippen LogP contribution is 2.32. The summed E-state index contributed by atoms with van der Waals surface area (Å²) in [4.78, 5) is 30.7. The number of hydrogen-bond donors (Lipinski definition) is 1. The molecule has 0 aliphatic carbocycles. The number of cyclic esters (lactones) is 1. The number of aromatic amines is 1. The van der Waals surface area contributed by atoms with Gasteiger partial charge in [0.15, 0.2) is 5.16 Å². The van der Waals surface area contributed by atoms with E-state index >= 15 is 0 Å². The number of esters is 1. The van der Waals surface area contributed by atoms with E-state index in [1.165, 1.54) is 0 Å². The largest absolute Gasteiger partial charge is 0.459 e. The first-order chi connectivity index (χ1) is 9.54. The lowest BCUT2D eigenvalue weighted by molar-refractivity contribution is -0.148. The summed E-state index contributed by atoms with van der Waals surface area (Å²) in [5, 5.41) is 0.519. The van der Waals surface area contributed by atoms with Crippen molar-refractivity contribution < 1.29 is 14.3 Å². The van der Waals surface area contributed by atoms with E-state index in [-0.39, 0.29) is 17.5 Å². The van der Waals surface area contributed by atoms with E-state index in [4.69, 9.17) is 4.74 Å². The number of ether oxygens (including phenoxy) is 1. The Morgan fingerprint density at radius 2 is 2.30 bits per heavy atom. The van der Waals surface area contributed by atoms with Crippen molar-refractivity contribution in [3.8, 4) is 0 Å². The van der Waals surface area contributed by atoms with E-state index in [1.54, 1.807) is 6.92 Å². The first kappa shape index (κ1) is 13.2. The van der Waals surface area contributed by atoms with Gasteiger partial charge in [0.2, 0.25) is 5.12 Å². The number of fused-ring (bicyclic) bond motifs is 1. The molecule has 3 rings (SSSR count). The van der Waals surface area contributed by atoms with Crippen molar-refractivity contribution in [2.24, 2.45) is 0 Å². The Labute approximate surface area is 120 Å². The number of nitrogens with zero attached hydrogens (tertiary/aromatic N) is 1. The molecule has 1 aliphatic heterocycles. The fraction of sp³-hybridized carbons (Fsp3) is 0.357. The lowest BCUT2D eigenvalue weighted by Crippen LogP contribution is -2.26. The molecule has 0 spiro atoms.